The highest BCUT2D eigenvalue weighted by molar-refractivity contribution is 7.07. The zero-order chi connectivity index (χ0) is 33.0. The molecule has 0 bridgehead atoms. The van der Waals surface area contributed by atoms with Gasteiger partial charge in [-0.05, 0) is 76.9 Å². The Morgan fingerprint density at radius 1 is 1.02 bits per heavy atom. The fraction of sp³-hybridized carbons (Fsp3) is 0.306. The third-order valence-electron chi connectivity index (χ3n) is 7.19. The van der Waals surface area contributed by atoms with Crippen LogP contribution in [0.3, 0.4) is 0 Å². The summed E-state index contributed by atoms with van der Waals surface area (Å²) < 4.78 is 25.6. The third-order valence-corrected chi connectivity index (χ3v) is 8.45. The monoisotopic (exact) mass is 660 g/mol. The summed E-state index contributed by atoms with van der Waals surface area (Å²) in [6.45, 7) is 12.2. The van der Waals surface area contributed by atoms with E-state index in [2.05, 4.69) is 11.1 Å². The van der Waals surface area contributed by atoms with Crippen molar-refractivity contribution in [1.82, 2.24) is 4.57 Å². The summed E-state index contributed by atoms with van der Waals surface area (Å²) in [5.74, 6) is 0.944. The second-order valence-electron chi connectivity index (χ2n) is 11.0. The predicted octanol–water partition coefficient (Wildman–Crippen LogP) is 6.53. The number of allylic oxidation sites excluding steroid dienone is 1. The van der Waals surface area contributed by atoms with Gasteiger partial charge in [0, 0.05) is 5.56 Å². The number of fused-ring (bicyclic) bond motifs is 1. The number of hydrogen-bond acceptors (Lipinski definition) is 8. The van der Waals surface area contributed by atoms with Crippen molar-refractivity contribution in [2.45, 2.75) is 60.3 Å². The second-order valence-corrected chi connectivity index (χ2v) is 12.5. The zero-order valence-corrected chi connectivity index (χ0v) is 28.3. The van der Waals surface area contributed by atoms with E-state index in [4.69, 9.17) is 30.5 Å². The number of hydrogen-bond donors (Lipinski definition) is 0. The number of nitrogens with zero attached hydrogens (tertiary/aromatic N) is 2. The summed E-state index contributed by atoms with van der Waals surface area (Å²) >= 11 is 7.97. The first kappa shape index (κ1) is 33.0. The molecule has 1 atom stereocenters. The lowest BCUT2D eigenvalue weighted by molar-refractivity contribution is -0.139. The van der Waals surface area contributed by atoms with Crippen molar-refractivity contribution in [2.24, 2.45) is 4.99 Å². The van der Waals surface area contributed by atoms with Gasteiger partial charge in [0.2, 0.25) is 0 Å². The number of aryl methyl sites for hydroxylation is 1. The van der Waals surface area contributed by atoms with Crippen LogP contribution in [0.5, 0.6) is 17.2 Å². The highest BCUT2D eigenvalue weighted by Crippen LogP contribution is 2.38. The second kappa shape index (κ2) is 14.4. The largest absolute Gasteiger partial charge is 0.491 e. The van der Waals surface area contributed by atoms with E-state index in [1.54, 1.807) is 36.6 Å². The molecule has 0 aliphatic carbocycles. The molecule has 0 saturated carbocycles. The number of aromatic nitrogens is 1. The molecular weight excluding hydrogens is 624 g/mol. The fourth-order valence-corrected chi connectivity index (χ4v) is 6.66. The molecule has 240 valence electrons. The minimum Gasteiger partial charge on any atom is -0.491 e. The number of carbonyl (C=O) groups is 1. The predicted molar refractivity (Wildman–Crippen MR) is 181 cm³/mol. The number of halogens is 1. The van der Waals surface area contributed by atoms with Crippen LogP contribution in [0, 0.1) is 6.92 Å². The Labute approximate surface area is 277 Å². The lowest BCUT2D eigenvalue weighted by Gasteiger charge is -2.26. The summed E-state index contributed by atoms with van der Waals surface area (Å²) in [7, 11) is 0. The normalized spacial score (nSPS) is 14.6. The van der Waals surface area contributed by atoms with E-state index in [9.17, 15) is 9.59 Å². The molecule has 1 aliphatic heterocycles. The third kappa shape index (κ3) is 7.06. The molecule has 0 N–H and O–H groups in total. The van der Waals surface area contributed by atoms with Crippen LogP contribution in [-0.2, 0) is 16.1 Å². The van der Waals surface area contributed by atoms with Gasteiger partial charge in [0.15, 0.2) is 16.3 Å². The number of esters is 1. The first-order valence-electron chi connectivity index (χ1n) is 15.2. The van der Waals surface area contributed by atoms with Crippen molar-refractivity contribution >= 4 is 35.0 Å². The molecule has 4 aromatic rings. The highest BCUT2D eigenvalue weighted by atomic mass is 35.5. The number of thiazole rings is 1. The molecule has 0 fully saturated rings. The topological polar surface area (TPSA) is 88.4 Å². The van der Waals surface area contributed by atoms with Crippen molar-refractivity contribution < 1.29 is 23.7 Å². The standard InChI is InChI=1S/C36H37ClN2O6S/c1-7-42-29-18-25(17-27(37)33(29)44-20-24-13-11-12-22(5)16-24)19-30-34(40)39-32(26-14-9-10-15-28(26)45-21(3)4)31(35(41)43-8-2)23(6)38-36(39)46-30/h9-19,21,32H,7-8,20H2,1-6H3/b30-19+/t32-/m0/s1. The van der Waals surface area contributed by atoms with Crippen LogP contribution in [0.4, 0.5) is 0 Å². The lowest BCUT2D eigenvalue weighted by atomic mass is 9.95. The van der Waals surface area contributed by atoms with Crippen LogP contribution < -0.4 is 29.1 Å². The molecule has 3 aromatic carbocycles. The summed E-state index contributed by atoms with van der Waals surface area (Å²) in [6.07, 6.45) is 1.63. The molecule has 0 unspecified atom stereocenters. The van der Waals surface area contributed by atoms with Gasteiger partial charge in [0.05, 0.1) is 40.1 Å². The molecule has 0 amide bonds. The molecule has 0 saturated heterocycles. The van der Waals surface area contributed by atoms with Crippen LogP contribution in [0.25, 0.3) is 6.08 Å². The van der Waals surface area contributed by atoms with Gasteiger partial charge in [0.25, 0.3) is 5.56 Å². The van der Waals surface area contributed by atoms with E-state index >= 15 is 0 Å². The Kier molecular flexibility index (Phi) is 10.3. The Bertz CT molecular complexity index is 1980. The van der Waals surface area contributed by atoms with E-state index < -0.39 is 12.0 Å². The maximum Gasteiger partial charge on any atom is 0.338 e. The number of rotatable bonds is 11. The van der Waals surface area contributed by atoms with Crippen molar-refractivity contribution in [3.05, 3.63) is 119 Å². The van der Waals surface area contributed by atoms with Gasteiger partial charge in [-0.3, -0.25) is 9.36 Å². The molecule has 0 spiro atoms. The average molecular weight is 661 g/mol. The maximum absolute atomic E-state index is 14.2. The van der Waals surface area contributed by atoms with Crippen LogP contribution in [0.2, 0.25) is 5.02 Å². The minimum absolute atomic E-state index is 0.124. The summed E-state index contributed by atoms with van der Waals surface area (Å²) in [6, 6.07) is 18.2. The van der Waals surface area contributed by atoms with Crippen molar-refractivity contribution in [3.8, 4) is 17.2 Å². The Hall–Kier alpha value is -4.34. The molecule has 0 radical (unpaired) electrons. The summed E-state index contributed by atoms with van der Waals surface area (Å²) in [5, 5.41) is 0.357. The Balaban J connectivity index is 1.62. The molecule has 5 rings (SSSR count). The molecule has 8 nitrogen and oxygen atoms in total. The van der Waals surface area contributed by atoms with Gasteiger partial charge >= 0.3 is 5.97 Å². The quantitative estimate of drug-likeness (QED) is 0.170. The lowest BCUT2D eigenvalue weighted by Crippen LogP contribution is -2.40. The maximum atomic E-state index is 14.2. The average Bonchev–Trinajstić information content (AvgIpc) is 3.30. The first-order valence-corrected chi connectivity index (χ1v) is 16.4. The number of para-hydroxylation sites is 1. The molecule has 46 heavy (non-hydrogen) atoms. The van der Waals surface area contributed by atoms with Gasteiger partial charge in [-0.2, -0.15) is 0 Å². The number of benzene rings is 3. The van der Waals surface area contributed by atoms with Gasteiger partial charge in [-0.25, -0.2) is 9.79 Å². The Morgan fingerprint density at radius 3 is 2.52 bits per heavy atom. The summed E-state index contributed by atoms with van der Waals surface area (Å²) in [5.41, 5.74) is 3.93. The highest BCUT2D eigenvalue weighted by Gasteiger charge is 2.35. The van der Waals surface area contributed by atoms with Crippen LogP contribution in [0.15, 0.2) is 81.7 Å². The van der Waals surface area contributed by atoms with Gasteiger partial charge in [-0.15, -0.1) is 0 Å². The van der Waals surface area contributed by atoms with E-state index in [0.29, 0.717) is 61.6 Å². The molecule has 1 aromatic heterocycles. The smallest absolute Gasteiger partial charge is 0.338 e. The van der Waals surface area contributed by atoms with Gasteiger partial charge < -0.3 is 18.9 Å². The molecule has 2 heterocycles. The van der Waals surface area contributed by atoms with Crippen LogP contribution >= 0.6 is 22.9 Å². The number of ether oxygens (including phenoxy) is 4. The Morgan fingerprint density at radius 2 is 1.80 bits per heavy atom. The summed E-state index contributed by atoms with van der Waals surface area (Å²) in [4.78, 5) is 32.7. The number of carbonyl (C=O) groups excluding carboxylic acids is 1. The fourth-order valence-electron chi connectivity index (χ4n) is 5.34. The van der Waals surface area contributed by atoms with Gasteiger partial charge in [0.1, 0.15) is 18.4 Å². The molecule has 1 aliphatic rings. The van der Waals surface area contributed by atoms with Crippen molar-refractivity contribution in [3.63, 3.8) is 0 Å². The molecular formula is C36H37ClN2O6S. The zero-order valence-electron chi connectivity index (χ0n) is 26.8. The van der Waals surface area contributed by atoms with E-state index in [-0.39, 0.29) is 23.8 Å². The van der Waals surface area contributed by atoms with Crippen molar-refractivity contribution in [2.75, 3.05) is 13.2 Å². The SMILES string of the molecule is CCOC(=O)C1=C(C)N=c2s/c(=C/c3cc(Cl)c(OCc4cccc(C)c4)c(OCC)c3)c(=O)n2[C@H]1c1ccccc1OC(C)C. The van der Waals surface area contributed by atoms with Crippen LogP contribution in [0.1, 0.15) is 62.9 Å². The minimum atomic E-state index is -0.799. The van der Waals surface area contributed by atoms with E-state index in [1.807, 2.05) is 70.2 Å². The van der Waals surface area contributed by atoms with Crippen molar-refractivity contribution in [1.29, 1.82) is 0 Å². The first-order chi connectivity index (χ1) is 22.1. The van der Waals surface area contributed by atoms with Gasteiger partial charge in [-0.1, -0.05) is 71.0 Å². The molecule has 10 heteroatoms. The van der Waals surface area contributed by atoms with E-state index in [0.717, 1.165) is 11.1 Å². The van der Waals surface area contributed by atoms with E-state index in [1.165, 1.54) is 11.3 Å². The van der Waals surface area contributed by atoms with Crippen LogP contribution in [-0.4, -0.2) is 29.9 Å².